The number of carboxylic acids is 1. The van der Waals surface area contributed by atoms with Crippen molar-refractivity contribution in [2.45, 2.75) is 32.7 Å². The molecular formula is C14H17NO2. The summed E-state index contributed by atoms with van der Waals surface area (Å²) >= 11 is 0. The Balaban J connectivity index is 2.61. The first-order chi connectivity index (χ1) is 7.96. The van der Waals surface area contributed by atoms with Crippen LogP contribution >= 0.6 is 0 Å². The van der Waals surface area contributed by atoms with Gasteiger partial charge in [0, 0.05) is 18.3 Å². The van der Waals surface area contributed by atoms with E-state index in [2.05, 4.69) is 17.6 Å². The first-order valence-corrected chi connectivity index (χ1v) is 5.79. The number of aromatic nitrogens is 1. The molecule has 0 fully saturated rings. The Labute approximate surface area is 101 Å². The molecule has 90 valence electrons. The zero-order chi connectivity index (χ0) is 12.6. The third-order valence-electron chi connectivity index (χ3n) is 3.37. The molecule has 1 aromatic heterocycles. The number of hydrogen-bond donors (Lipinski definition) is 1. The van der Waals surface area contributed by atoms with Crippen molar-refractivity contribution in [2.75, 3.05) is 0 Å². The van der Waals surface area contributed by atoms with Gasteiger partial charge in [0.25, 0.3) is 0 Å². The Hall–Kier alpha value is -1.77. The third kappa shape index (κ3) is 1.82. The molecule has 0 aliphatic heterocycles. The number of carbonyl (C=O) groups is 1. The van der Waals surface area contributed by atoms with Crippen molar-refractivity contribution in [3.8, 4) is 0 Å². The van der Waals surface area contributed by atoms with Crippen LogP contribution in [-0.2, 0) is 16.8 Å². The van der Waals surface area contributed by atoms with Gasteiger partial charge in [0.1, 0.15) is 0 Å². The molecule has 0 aliphatic carbocycles. The maximum absolute atomic E-state index is 11.2. The van der Waals surface area contributed by atoms with Crippen molar-refractivity contribution >= 4 is 16.9 Å². The average Bonchev–Trinajstić information content (AvgIpc) is 2.70. The van der Waals surface area contributed by atoms with E-state index in [1.54, 1.807) is 13.8 Å². The molecule has 0 radical (unpaired) electrons. The smallest absolute Gasteiger partial charge is 0.313 e. The van der Waals surface area contributed by atoms with E-state index >= 15 is 0 Å². The normalized spacial score (nSPS) is 11.9. The Morgan fingerprint density at radius 1 is 1.35 bits per heavy atom. The summed E-state index contributed by atoms with van der Waals surface area (Å²) in [6.45, 7) is 6.43. The van der Waals surface area contributed by atoms with Crippen molar-refractivity contribution in [3.05, 3.63) is 36.0 Å². The minimum absolute atomic E-state index is 0.800. The van der Waals surface area contributed by atoms with E-state index in [9.17, 15) is 9.90 Å². The molecule has 3 nitrogen and oxygen atoms in total. The third-order valence-corrected chi connectivity index (χ3v) is 3.37. The Morgan fingerprint density at radius 2 is 2.06 bits per heavy atom. The second-order valence-electron chi connectivity index (χ2n) is 4.81. The molecule has 0 amide bonds. The van der Waals surface area contributed by atoms with Crippen LogP contribution in [0.2, 0.25) is 0 Å². The number of hydrogen-bond acceptors (Lipinski definition) is 1. The molecule has 2 rings (SSSR count). The minimum Gasteiger partial charge on any atom is -0.481 e. The minimum atomic E-state index is -0.850. The van der Waals surface area contributed by atoms with E-state index in [0.29, 0.717) is 0 Å². The number of aliphatic carboxylic acids is 1. The van der Waals surface area contributed by atoms with Crippen LogP contribution in [0, 0.1) is 0 Å². The molecule has 0 aliphatic rings. The van der Waals surface area contributed by atoms with E-state index in [0.717, 1.165) is 23.0 Å². The molecule has 2 aromatic rings. The summed E-state index contributed by atoms with van der Waals surface area (Å²) in [6, 6.07) is 7.92. The van der Waals surface area contributed by atoms with Gasteiger partial charge in [-0.1, -0.05) is 12.1 Å². The summed E-state index contributed by atoms with van der Waals surface area (Å²) in [5.74, 6) is -0.800. The van der Waals surface area contributed by atoms with Gasteiger partial charge in [-0.25, -0.2) is 0 Å². The summed E-state index contributed by atoms with van der Waals surface area (Å²) < 4.78 is 2.12. The van der Waals surface area contributed by atoms with Crippen LogP contribution in [0.15, 0.2) is 30.5 Å². The molecule has 3 heteroatoms. The summed E-state index contributed by atoms with van der Waals surface area (Å²) in [4.78, 5) is 11.2. The van der Waals surface area contributed by atoms with Crippen molar-refractivity contribution < 1.29 is 9.90 Å². The standard InChI is InChI=1S/C14H17NO2/c1-4-15-8-7-10-5-6-11(9-12(10)15)14(2,3)13(16)17/h5-9H,4H2,1-3H3,(H,16,17). The molecule has 0 saturated heterocycles. The van der Waals surface area contributed by atoms with Crippen LogP contribution in [0.5, 0.6) is 0 Å². The maximum Gasteiger partial charge on any atom is 0.313 e. The Kier molecular flexibility index (Phi) is 2.69. The molecular weight excluding hydrogens is 214 g/mol. The molecule has 1 N–H and O–H groups in total. The molecule has 1 heterocycles. The van der Waals surface area contributed by atoms with Gasteiger partial charge in [0.15, 0.2) is 0 Å². The highest BCUT2D eigenvalue weighted by Gasteiger charge is 2.29. The van der Waals surface area contributed by atoms with E-state index in [-0.39, 0.29) is 0 Å². The quantitative estimate of drug-likeness (QED) is 0.882. The molecule has 0 atom stereocenters. The highest BCUT2D eigenvalue weighted by atomic mass is 16.4. The fraction of sp³-hybridized carbons (Fsp3) is 0.357. The predicted octanol–water partition coefficient (Wildman–Crippen LogP) is 3.02. The number of rotatable bonds is 3. The van der Waals surface area contributed by atoms with Crippen molar-refractivity contribution in [3.63, 3.8) is 0 Å². The lowest BCUT2D eigenvalue weighted by Gasteiger charge is -2.20. The summed E-state index contributed by atoms with van der Waals surface area (Å²) in [6.07, 6.45) is 2.03. The first kappa shape index (κ1) is 11.7. The highest BCUT2D eigenvalue weighted by molar-refractivity contribution is 5.85. The molecule has 0 unspecified atom stereocenters. The second-order valence-corrected chi connectivity index (χ2v) is 4.81. The van der Waals surface area contributed by atoms with Gasteiger partial charge >= 0.3 is 5.97 Å². The monoisotopic (exact) mass is 231 g/mol. The van der Waals surface area contributed by atoms with Crippen molar-refractivity contribution in [1.82, 2.24) is 4.57 Å². The van der Waals surface area contributed by atoms with Crippen LogP contribution in [-0.4, -0.2) is 15.6 Å². The van der Waals surface area contributed by atoms with Crippen molar-refractivity contribution in [2.24, 2.45) is 0 Å². The average molecular weight is 231 g/mol. The topological polar surface area (TPSA) is 42.2 Å². The van der Waals surface area contributed by atoms with Crippen LogP contribution in [0.4, 0.5) is 0 Å². The molecule has 0 spiro atoms. The summed E-state index contributed by atoms with van der Waals surface area (Å²) in [5, 5.41) is 10.4. The van der Waals surface area contributed by atoms with Crippen LogP contribution < -0.4 is 0 Å². The zero-order valence-corrected chi connectivity index (χ0v) is 10.4. The largest absolute Gasteiger partial charge is 0.481 e. The second kappa shape index (κ2) is 3.91. The van der Waals surface area contributed by atoms with Gasteiger partial charge in [0.2, 0.25) is 0 Å². The van der Waals surface area contributed by atoms with Crippen LogP contribution in [0.25, 0.3) is 10.9 Å². The van der Waals surface area contributed by atoms with E-state index in [4.69, 9.17) is 0 Å². The summed E-state index contributed by atoms with van der Waals surface area (Å²) in [5.41, 5.74) is 1.09. The van der Waals surface area contributed by atoms with Gasteiger partial charge in [-0.15, -0.1) is 0 Å². The molecule has 17 heavy (non-hydrogen) atoms. The van der Waals surface area contributed by atoms with Crippen LogP contribution in [0.3, 0.4) is 0 Å². The number of benzene rings is 1. The van der Waals surface area contributed by atoms with E-state index in [1.807, 2.05) is 24.4 Å². The SMILES string of the molecule is CCn1ccc2ccc(C(C)(C)C(=O)O)cc21. The highest BCUT2D eigenvalue weighted by Crippen LogP contribution is 2.27. The lowest BCUT2D eigenvalue weighted by molar-refractivity contribution is -0.142. The number of carboxylic acid groups (broad SMARTS) is 1. The Bertz CT molecular complexity index is 567. The van der Waals surface area contributed by atoms with Gasteiger partial charge in [-0.05, 0) is 43.9 Å². The molecule has 0 bridgehead atoms. The number of aryl methyl sites for hydroxylation is 1. The van der Waals surface area contributed by atoms with E-state index in [1.165, 1.54) is 0 Å². The zero-order valence-electron chi connectivity index (χ0n) is 10.4. The van der Waals surface area contributed by atoms with Gasteiger partial charge in [0.05, 0.1) is 5.41 Å². The van der Waals surface area contributed by atoms with Gasteiger partial charge < -0.3 is 9.67 Å². The Morgan fingerprint density at radius 3 is 2.65 bits per heavy atom. The number of fused-ring (bicyclic) bond motifs is 1. The molecule has 1 aromatic carbocycles. The fourth-order valence-electron chi connectivity index (χ4n) is 1.97. The van der Waals surface area contributed by atoms with Crippen LogP contribution in [0.1, 0.15) is 26.3 Å². The van der Waals surface area contributed by atoms with Gasteiger partial charge in [-0.2, -0.15) is 0 Å². The summed E-state index contributed by atoms with van der Waals surface area (Å²) in [7, 11) is 0. The van der Waals surface area contributed by atoms with Crippen molar-refractivity contribution in [1.29, 1.82) is 0 Å². The fourth-order valence-corrected chi connectivity index (χ4v) is 1.97. The first-order valence-electron chi connectivity index (χ1n) is 5.79. The lowest BCUT2D eigenvalue weighted by Crippen LogP contribution is -2.28. The van der Waals surface area contributed by atoms with E-state index < -0.39 is 11.4 Å². The number of nitrogens with zero attached hydrogens (tertiary/aromatic N) is 1. The maximum atomic E-state index is 11.2. The predicted molar refractivity (Wildman–Crippen MR) is 68.3 cm³/mol. The lowest BCUT2D eigenvalue weighted by atomic mass is 9.84. The van der Waals surface area contributed by atoms with Gasteiger partial charge in [-0.3, -0.25) is 4.79 Å². The molecule has 0 saturated carbocycles.